The molecule has 0 saturated carbocycles. The minimum atomic E-state index is 0.813. The lowest BCUT2D eigenvalue weighted by Crippen LogP contribution is -2.19. The SMILES string of the molecule is CS[S+]1CCC1. The highest BCUT2D eigenvalue weighted by Gasteiger charge is 2.26. The Hall–Kier alpha value is 0.700. The van der Waals surface area contributed by atoms with E-state index >= 15 is 0 Å². The van der Waals surface area contributed by atoms with Crippen LogP contribution < -0.4 is 0 Å². The van der Waals surface area contributed by atoms with E-state index in [2.05, 4.69) is 6.26 Å². The summed E-state index contributed by atoms with van der Waals surface area (Å²) in [6.45, 7) is 0. The van der Waals surface area contributed by atoms with Crippen LogP contribution in [0.4, 0.5) is 0 Å². The minimum absolute atomic E-state index is 0.813. The number of hydrogen-bond donors (Lipinski definition) is 0. The Morgan fingerprint density at radius 1 is 1.50 bits per heavy atom. The molecule has 0 unspecified atom stereocenters. The Balaban J connectivity index is 2.01. The fourth-order valence-corrected chi connectivity index (χ4v) is 2.99. The lowest BCUT2D eigenvalue weighted by Gasteiger charge is -2.09. The van der Waals surface area contributed by atoms with Crippen LogP contribution in [0.3, 0.4) is 0 Å². The average Bonchev–Trinajstić information content (AvgIpc) is 1.31. The van der Waals surface area contributed by atoms with Gasteiger partial charge in [-0.1, -0.05) is 0 Å². The van der Waals surface area contributed by atoms with Crippen molar-refractivity contribution in [2.45, 2.75) is 6.42 Å². The van der Waals surface area contributed by atoms with E-state index in [4.69, 9.17) is 0 Å². The highest BCUT2D eigenvalue weighted by Crippen LogP contribution is 2.23. The van der Waals surface area contributed by atoms with Gasteiger partial charge in [0.05, 0.1) is 20.7 Å². The molecule has 0 bridgehead atoms. The van der Waals surface area contributed by atoms with E-state index in [0.717, 1.165) is 9.93 Å². The van der Waals surface area contributed by atoms with Crippen molar-refractivity contribution in [2.24, 2.45) is 0 Å². The second kappa shape index (κ2) is 2.12. The van der Waals surface area contributed by atoms with Gasteiger partial charge in [-0.2, -0.15) is 0 Å². The Morgan fingerprint density at radius 2 is 2.17 bits per heavy atom. The molecule has 36 valence electrons. The molecular formula is C4H9S2+. The predicted molar refractivity (Wildman–Crippen MR) is 35.2 cm³/mol. The second-order valence-corrected chi connectivity index (χ2v) is 5.81. The average molecular weight is 121 g/mol. The second-order valence-electron chi connectivity index (χ2n) is 1.37. The molecule has 1 aliphatic rings. The van der Waals surface area contributed by atoms with Crippen LogP contribution in [-0.4, -0.2) is 17.8 Å². The maximum atomic E-state index is 2.21. The zero-order valence-corrected chi connectivity index (χ0v) is 5.57. The smallest absolute Gasteiger partial charge is 0.0317 e. The van der Waals surface area contributed by atoms with Gasteiger partial charge in [-0.3, -0.25) is 0 Å². The first-order valence-electron chi connectivity index (χ1n) is 2.15. The molecule has 1 aliphatic heterocycles. The van der Waals surface area contributed by atoms with Crippen LogP contribution in [0.25, 0.3) is 0 Å². The lowest BCUT2D eigenvalue weighted by atomic mass is 10.6. The highest BCUT2D eigenvalue weighted by molar-refractivity contribution is 8.74. The van der Waals surface area contributed by atoms with Crippen molar-refractivity contribution >= 4 is 20.7 Å². The van der Waals surface area contributed by atoms with Gasteiger partial charge in [0, 0.05) is 12.7 Å². The number of rotatable bonds is 1. The fourth-order valence-electron chi connectivity index (χ4n) is 0.429. The zero-order chi connectivity index (χ0) is 4.41. The molecule has 2 heteroatoms. The maximum absolute atomic E-state index is 2.21. The van der Waals surface area contributed by atoms with Gasteiger partial charge in [0.15, 0.2) is 0 Å². The van der Waals surface area contributed by atoms with Crippen molar-refractivity contribution in [1.82, 2.24) is 0 Å². The van der Waals surface area contributed by atoms with Gasteiger partial charge in [0.1, 0.15) is 11.5 Å². The van der Waals surface area contributed by atoms with Crippen LogP contribution in [0, 0.1) is 0 Å². The molecule has 0 radical (unpaired) electrons. The van der Waals surface area contributed by atoms with E-state index in [-0.39, 0.29) is 0 Å². The summed E-state index contributed by atoms with van der Waals surface area (Å²) in [7, 11) is 2.85. The van der Waals surface area contributed by atoms with Crippen LogP contribution >= 0.6 is 10.8 Å². The summed E-state index contributed by atoms with van der Waals surface area (Å²) < 4.78 is 0. The topological polar surface area (TPSA) is 0 Å². The summed E-state index contributed by atoms with van der Waals surface area (Å²) in [5, 5.41) is 0. The molecule has 0 aromatic heterocycles. The van der Waals surface area contributed by atoms with Gasteiger partial charge >= 0.3 is 0 Å². The standard InChI is InChI=1S/C4H9S2/c1-5-6-3-2-4-6/h2-4H2,1H3/q+1. The Bertz CT molecular complexity index is 38.1. The van der Waals surface area contributed by atoms with E-state index < -0.39 is 0 Å². The summed E-state index contributed by atoms with van der Waals surface area (Å²) in [5.74, 6) is 3.00. The van der Waals surface area contributed by atoms with Crippen LogP contribution in [0.15, 0.2) is 0 Å². The minimum Gasteiger partial charge on any atom is 0.0317 e. The van der Waals surface area contributed by atoms with Crippen molar-refractivity contribution < 1.29 is 0 Å². The van der Waals surface area contributed by atoms with Crippen molar-refractivity contribution in [3.8, 4) is 0 Å². The molecule has 0 N–H and O–H groups in total. The first-order valence-corrected chi connectivity index (χ1v) is 5.46. The molecule has 1 saturated heterocycles. The fraction of sp³-hybridized carbons (Fsp3) is 1.00. The maximum Gasteiger partial charge on any atom is 0.124 e. The summed E-state index contributed by atoms with van der Waals surface area (Å²) >= 11 is 0. The first kappa shape index (κ1) is 4.85. The molecule has 6 heavy (non-hydrogen) atoms. The van der Waals surface area contributed by atoms with Crippen LogP contribution in [0.2, 0.25) is 0 Å². The molecule has 0 nitrogen and oxygen atoms in total. The Labute approximate surface area is 45.4 Å². The monoisotopic (exact) mass is 121 g/mol. The molecule has 0 aliphatic carbocycles. The molecule has 0 spiro atoms. The Kier molecular flexibility index (Phi) is 1.72. The van der Waals surface area contributed by atoms with Crippen LogP contribution in [-0.2, 0) is 9.93 Å². The van der Waals surface area contributed by atoms with Crippen LogP contribution in [0.5, 0.6) is 0 Å². The van der Waals surface area contributed by atoms with Crippen LogP contribution in [0.1, 0.15) is 6.42 Å². The molecule has 0 aromatic carbocycles. The van der Waals surface area contributed by atoms with Gasteiger partial charge in [-0.25, -0.2) is 0 Å². The van der Waals surface area contributed by atoms with Gasteiger partial charge in [-0.15, -0.1) is 0 Å². The molecule has 0 aromatic rings. The third kappa shape index (κ3) is 0.850. The summed E-state index contributed by atoms with van der Waals surface area (Å²) in [5.41, 5.74) is 0. The highest BCUT2D eigenvalue weighted by atomic mass is 33.1. The van der Waals surface area contributed by atoms with Gasteiger partial charge < -0.3 is 0 Å². The molecule has 0 amide bonds. The van der Waals surface area contributed by atoms with Crippen molar-refractivity contribution in [3.05, 3.63) is 0 Å². The molecule has 1 rings (SSSR count). The van der Waals surface area contributed by atoms with Crippen molar-refractivity contribution in [1.29, 1.82) is 0 Å². The van der Waals surface area contributed by atoms with E-state index in [0.29, 0.717) is 0 Å². The first-order chi connectivity index (χ1) is 2.93. The molecule has 1 heterocycles. The molecule has 0 atom stereocenters. The lowest BCUT2D eigenvalue weighted by molar-refractivity contribution is 1.05. The third-order valence-electron chi connectivity index (χ3n) is 0.980. The number of hydrogen-bond acceptors (Lipinski definition) is 1. The quantitative estimate of drug-likeness (QED) is 0.372. The van der Waals surface area contributed by atoms with Gasteiger partial charge in [0.2, 0.25) is 0 Å². The largest absolute Gasteiger partial charge is 0.124 e. The summed E-state index contributed by atoms with van der Waals surface area (Å²) in [4.78, 5) is 0. The summed E-state index contributed by atoms with van der Waals surface area (Å²) in [6, 6.07) is 0. The molecule has 1 fully saturated rings. The van der Waals surface area contributed by atoms with Crippen molar-refractivity contribution in [3.63, 3.8) is 0 Å². The van der Waals surface area contributed by atoms with E-state index in [1.165, 1.54) is 17.9 Å². The molecular weight excluding hydrogens is 112 g/mol. The predicted octanol–water partition coefficient (Wildman–Crippen LogP) is 1.29. The van der Waals surface area contributed by atoms with E-state index in [1.54, 1.807) is 0 Å². The van der Waals surface area contributed by atoms with E-state index in [9.17, 15) is 0 Å². The van der Waals surface area contributed by atoms with Gasteiger partial charge in [0.25, 0.3) is 0 Å². The van der Waals surface area contributed by atoms with Crippen molar-refractivity contribution in [2.75, 3.05) is 17.8 Å². The zero-order valence-electron chi connectivity index (χ0n) is 3.94. The normalized spacial score (nSPS) is 23.5. The summed E-state index contributed by atoms with van der Waals surface area (Å²) in [6.07, 6.45) is 3.70. The Morgan fingerprint density at radius 3 is 2.17 bits per heavy atom. The third-order valence-corrected chi connectivity index (χ3v) is 5.35. The van der Waals surface area contributed by atoms with Gasteiger partial charge in [-0.05, 0) is 0 Å². The van der Waals surface area contributed by atoms with E-state index in [1.807, 2.05) is 10.8 Å².